The van der Waals surface area contributed by atoms with Crippen molar-refractivity contribution in [3.05, 3.63) is 35.6 Å². The molecule has 0 heterocycles. The van der Waals surface area contributed by atoms with Crippen LogP contribution in [0.4, 0.5) is 4.39 Å². The fourth-order valence-electron chi connectivity index (χ4n) is 1.56. The van der Waals surface area contributed by atoms with Crippen LogP contribution in [0.2, 0.25) is 0 Å². The maximum atomic E-state index is 13.3. The minimum absolute atomic E-state index is 0.0238. The third-order valence-electron chi connectivity index (χ3n) is 2.50. The molecule has 0 aliphatic carbocycles. The van der Waals surface area contributed by atoms with Crippen molar-refractivity contribution in [3.63, 3.8) is 0 Å². The van der Waals surface area contributed by atoms with Crippen LogP contribution in [0.1, 0.15) is 5.56 Å². The van der Waals surface area contributed by atoms with Crippen molar-refractivity contribution in [2.24, 2.45) is 5.73 Å². The largest absolute Gasteiger partial charge is 0.395 e. The van der Waals surface area contributed by atoms with Crippen molar-refractivity contribution in [1.82, 2.24) is 4.90 Å². The molecule has 0 bridgehead atoms. The van der Waals surface area contributed by atoms with Gasteiger partial charge in [-0.1, -0.05) is 18.2 Å². The van der Waals surface area contributed by atoms with Crippen LogP contribution < -0.4 is 5.73 Å². The van der Waals surface area contributed by atoms with Crippen LogP contribution in [0, 0.1) is 5.82 Å². The Labute approximate surface area is 95.7 Å². The molecule has 1 aromatic carbocycles. The Bertz CT molecular complexity index is 320. The van der Waals surface area contributed by atoms with Gasteiger partial charge in [0.2, 0.25) is 0 Å². The molecule has 0 aromatic heterocycles. The second-order valence-corrected chi connectivity index (χ2v) is 4.05. The van der Waals surface area contributed by atoms with Crippen molar-refractivity contribution in [3.8, 4) is 0 Å². The minimum Gasteiger partial charge on any atom is -0.395 e. The average molecular weight is 226 g/mol. The maximum absolute atomic E-state index is 13.3. The number of nitrogens with zero attached hydrogens (tertiary/aromatic N) is 1. The lowest BCUT2D eigenvalue weighted by atomic mass is 10.1. The predicted octanol–water partition coefficient (Wildman–Crippen LogP) is 0.620. The van der Waals surface area contributed by atoms with E-state index in [1.165, 1.54) is 6.07 Å². The summed E-state index contributed by atoms with van der Waals surface area (Å²) in [4.78, 5) is 1.99. The second kappa shape index (κ2) is 6.58. The summed E-state index contributed by atoms with van der Waals surface area (Å²) in [6, 6.07) is 6.54. The van der Waals surface area contributed by atoms with Gasteiger partial charge < -0.3 is 15.7 Å². The van der Waals surface area contributed by atoms with Gasteiger partial charge in [0.05, 0.1) is 6.61 Å². The number of hydrogen-bond donors (Lipinski definition) is 2. The molecule has 3 N–H and O–H groups in total. The Morgan fingerprint density at radius 1 is 1.44 bits per heavy atom. The molecular weight excluding hydrogens is 207 g/mol. The summed E-state index contributed by atoms with van der Waals surface area (Å²) in [5.41, 5.74) is 6.32. The van der Waals surface area contributed by atoms with Gasteiger partial charge >= 0.3 is 0 Å². The van der Waals surface area contributed by atoms with E-state index in [1.54, 1.807) is 12.1 Å². The third-order valence-corrected chi connectivity index (χ3v) is 2.50. The first-order chi connectivity index (χ1) is 7.63. The molecule has 0 fully saturated rings. The molecule has 4 heteroatoms. The van der Waals surface area contributed by atoms with E-state index in [2.05, 4.69) is 0 Å². The molecule has 0 saturated carbocycles. The Balaban J connectivity index is 2.37. The van der Waals surface area contributed by atoms with Gasteiger partial charge in [-0.25, -0.2) is 4.39 Å². The zero-order chi connectivity index (χ0) is 12.0. The Hall–Kier alpha value is -0.970. The number of benzene rings is 1. The molecule has 0 aliphatic heterocycles. The summed E-state index contributed by atoms with van der Waals surface area (Å²) in [6.45, 7) is 1.32. The van der Waals surface area contributed by atoms with E-state index in [0.29, 0.717) is 18.5 Å². The Morgan fingerprint density at radius 2 is 2.12 bits per heavy atom. The summed E-state index contributed by atoms with van der Waals surface area (Å²) in [7, 11) is 1.91. The van der Waals surface area contributed by atoms with Gasteiger partial charge in [0.25, 0.3) is 0 Å². The van der Waals surface area contributed by atoms with E-state index >= 15 is 0 Å². The van der Waals surface area contributed by atoms with Gasteiger partial charge in [-0.15, -0.1) is 0 Å². The lowest BCUT2D eigenvalue weighted by Gasteiger charge is -2.19. The lowest BCUT2D eigenvalue weighted by molar-refractivity contribution is 0.222. The van der Waals surface area contributed by atoms with Gasteiger partial charge in [0.15, 0.2) is 0 Å². The highest BCUT2D eigenvalue weighted by Gasteiger charge is 2.07. The highest BCUT2D eigenvalue weighted by atomic mass is 19.1. The predicted molar refractivity (Wildman–Crippen MR) is 62.7 cm³/mol. The van der Waals surface area contributed by atoms with Gasteiger partial charge in [-0.05, 0) is 25.1 Å². The molecular formula is C12H19FN2O. The van der Waals surface area contributed by atoms with Crippen molar-refractivity contribution in [2.45, 2.75) is 12.5 Å². The molecule has 3 nitrogen and oxygen atoms in total. The molecule has 1 atom stereocenters. The van der Waals surface area contributed by atoms with E-state index in [0.717, 1.165) is 6.54 Å². The van der Waals surface area contributed by atoms with Crippen molar-refractivity contribution < 1.29 is 9.50 Å². The van der Waals surface area contributed by atoms with Crippen molar-refractivity contribution >= 4 is 0 Å². The number of hydrogen-bond acceptors (Lipinski definition) is 3. The number of nitrogens with two attached hydrogens (primary N) is 1. The molecule has 0 amide bonds. The summed E-state index contributed by atoms with van der Waals surface area (Å²) in [5.74, 6) is -0.164. The SMILES string of the molecule is CN(CCc1ccccc1F)CC(N)CO. The molecule has 0 saturated heterocycles. The van der Waals surface area contributed by atoms with Crippen molar-refractivity contribution in [2.75, 3.05) is 26.7 Å². The molecule has 1 unspecified atom stereocenters. The van der Waals surface area contributed by atoms with Crippen LogP contribution in [0.3, 0.4) is 0 Å². The fourth-order valence-corrected chi connectivity index (χ4v) is 1.56. The van der Waals surface area contributed by atoms with E-state index in [-0.39, 0.29) is 18.5 Å². The number of aliphatic hydroxyl groups is 1. The van der Waals surface area contributed by atoms with E-state index in [1.807, 2.05) is 18.0 Å². The number of rotatable bonds is 6. The van der Waals surface area contributed by atoms with Crippen LogP contribution in [0.5, 0.6) is 0 Å². The first-order valence-corrected chi connectivity index (χ1v) is 5.42. The molecule has 90 valence electrons. The Morgan fingerprint density at radius 3 is 2.75 bits per heavy atom. The number of halogens is 1. The lowest BCUT2D eigenvalue weighted by Crippen LogP contribution is -2.38. The van der Waals surface area contributed by atoms with Crippen LogP contribution >= 0.6 is 0 Å². The zero-order valence-corrected chi connectivity index (χ0v) is 9.56. The van der Waals surface area contributed by atoms with Crippen molar-refractivity contribution in [1.29, 1.82) is 0 Å². The van der Waals surface area contributed by atoms with Gasteiger partial charge in [0, 0.05) is 19.1 Å². The topological polar surface area (TPSA) is 49.5 Å². The van der Waals surface area contributed by atoms with E-state index in [4.69, 9.17) is 10.8 Å². The first kappa shape index (κ1) is 13.1. The molecule has 1 rings (SSSR count). The summed E-state index contributed by atoms with van der Waals surface area (Å²) in [6.07, 6.45) is 0.654. The van der Waals surface area contributed by atoms with E-state index < -0.39 is 0 Å². The quantitative estimate of drug-likeness (QED) is 0.747. The van der Waals surface area contributed by atoms with Gasteiger partial charge in [-0.2, -0.15) is 0 Å². The average Bonchev–Trinajstić information content (AvgIpc) is 2.28. The monoisotopic (exact) mass is 226 g/mol. The summed E-state index contributed by atoms with van der Waals surface area (Å²) < 4.78 is 13.3. The summed E-state index contributed by atoms with van der Waals surface area (Å²) in [5, 5.41) is 8.80. The minimum atomic E-state index is -0.231. The van der Waals surface area contributed by atoms with Crippen LogP contribution in [0.25, 0.3) is 0 Å². The molecule has 0 radical (unpaired) electrons. The van der Waals surface area contributed by atoms with Crippen LogP contribution in [0.15, 0.2) is 24.3 Å². The van der Waals surface area contributed by atoms with Gasteiger partial charge in [0.1, 0.15) is 5.82 Å². The van der Waals surface area contributed by atoms with Gasteiger partial charge in [-0.3, -0.25) is 0 Å². The first-order valence-electron chi connectivity index (χ1n) is 5.42. The highest BCUT2D eigenvalue weighted by molar-refractivity contribution is 5.17. The highest BCUT2D eigenvalue weighted by Crippen LogP contribution is 2.07. The van der Waals surface area contributed by atoms with Crippen LogP contribution in [-0.2, 0) is 6.42 Å². The third kappa shape index (κ3) is 4.26. The normalized spacial score (nSPS) is 13.1. The fraction of sp³-hybridized carbons (Fsp3) is 0.500. The molecule has 0 spiro atoms. The smallest absolute Gasteiger partial charge is 0.126 e. The Kier molecular flexibility index (Phi) is 5.38. The number of likely N-dealkylation sites (N-methyl/N-ethyl adjacent to an activating group) is 1. The standard InChI is InChI=1S/C12H19FN2O/c1-15(8-11(14)9-16)7-6-10-4-2-3-5-12(10)13/h2-5,11,16H,6-9,14H2,1H3. The van der Waals surface area contributed by atoms with E-state index in [9.17, 15) is 4.39 Å². The molecule has 0 aliphatic rings. The zero-order valence-electron chi connectivity index (χ0n) is 9.56. The number of aliphatic hydroxyl groups excluding tert-OH is 1. The van der Waals surface area contributed by atoms with Crippen LogP contribution in [-0.4, -0.2) is 42.8 Å². The summed E-state index contributed by atoms with van der Waals surface area (Å²) >= 11 is 0. The maximum Gasteiger partial charge on any atom is 0.126 e. The second-order valence-electron chi connectivity index (χ2n) is 4.05. The molecule has 16 heavy (non-hydrogen) atoms. The molecule has 1 aromatic rings.